The van der Waals surface area contributed by atoms with Gasteiger partial charge < -0.3 is 5.32 Å². The second kappa shape index (κ2) is 8.05. The summed E-state index contributed by atoms with van der Waals surface area (Å²) in [4.78, 5) is 4.24. The summed E-state index contributed by atoms with van der Waals surface area (Å²) >= 11 is 0. The molecule has 0 fully saturated rings. The number of hydrogen-bond donors (Lipinski definition) is 1. The lowest BCUT2D eigenvalue weighted by molar-refractivity contribution is 0.948. The fourth-order valence-electron chi connectivity index (χ4n) is 0.803. The third kappa shape index (κ3) is 5.14. The molecule has 0 bridgehead atoms. The van der Waals surface area contributed by atoms with Crippen LogP contribution in [0.4, 0.5) is 0 Å². The Labute approximate surface area is 86.4 Å². The third-order valence-corrected chi connectivity index (χ3v) is 1.62. The summed E-state index contributed by atoms with van der Waals surface area (Å²) in [5.41, 5.74) is 1.03. The van der Waals surface area contributed by atoms with Gasteiger partial charge in [-0.2, -0.15) is 0 Å². The van der Waals surface area contributed by atoms with Crippen LogP contribution >= 0.6 is 0 Å². The first-order valence-corrected chi connectivity index (χ1v) is 4.59. The highest BCUT2D eigenvalue weighted by atomic mass is 15.0. The molecule has 0 aromatic rings. The predicted octanol–water partition coefficient (Wildman–Crippen LogP) is 2.83. The maximum atomic E-state index is 4.24. The Kier molecular flexibility index (Phi) is 7.15. The summed E-state index contributed by atoms with van der Waals surface area (Å²) in [7, 11) is 1.84. The average molecular weight is 190 g/mol. The van der Waals surface area contributed by atoms with Gasteiger partial charge in [-0.1, -0.05) is 30.9 Å². The van der Waals surface area contributed by atoms with E-state index in [1.165, 1.54) is 0 Å². The molecule has 0 radical (unpaired) electrons. The molecule has 0 aliphatic rings. The first-order chi connectivity index (χ1) is 6.76. The Morgan fingerprint density at radius 3 is 2.50 bits per heavy atom. The van der Waals surface area contributed by atoms with Crippen molar-refractivity contribution in [3.8, 4) is 0 Å². The average Bonchev–Trinajstić information content (AvgIpc) is 2.22. The molecule has 0 aliphatic heterocycles. The van der Waals surface area contributed by atoms with Crippen molar-refractivity contribution >= 4 is 6.21 Å². The predicted molar refractivity (Wildman–Crippen MR) is 64.4 cm³/mol. The molecule has 0 atom stereocenters. The van der Waals surface area contributed by atoms with Gasteiger partial charge in [0.1, 0.15) is 5.82 Å². The topological polar surface area (TPSA) is 24.4 Å². The third-order valence-electron chi connectivity index (χ3n) is 1.62. The van der Waals surface area contributed by atoms with Crippen molar-refractivity contribution in [2.75, 3.05) is 7.05 Å². The molecular weight excluding hydrogens is 172 g/mol. The van der Waals surface area contributed by atoms with Crippen LogP contribution in [0.3, 0.4) is 0 Å². The molecule has 0 aliphatic carbocycles. The SMILES string of the molecule is C=C/C(C)=C(/N=C\C=C\C=C/C)NC. The van der Waals surface area contributed by atoms with Gasteiger partial charge in [0.2, 0.25) is 0 Å². The second-order valence-corrected chi connectivity index (χ2v) is 2.67. The molecule has 0 aromatic carbocycles. The quantitative estimate of drug-likeness (QED) is 0.523. The zero-order valence-electron chi connectivity index (χ0n) is 9.12. The molecule has 0 amide bonds. The van der Waals surface area contributed by atoms with Crippen molar-refractivity contribution in [1.29, 1.82) is 0 Å². The summed E-state index contributed by atoms with van der Waals surface area (Å²) in [6.07, 6.45) is 11.3. The van der Waals surface area contributed by atoms with E-state index < -0.39 is 0 Å². The van der Waals surface area contributed by atoms with Crippen molar-refractivity contribution in [3.05, 3.63) is 48.4 Å². The van der Waals surface area contributed by atoms with Crippen molar-refractivity contribution < 1.29 is 0 Å². The van der Waals surface area contributed by atoms with Gasteiger partial charge in [-0.15, -0.1) is 0 Å². The Balaban J connectivity index is 4.40. The number of nitrogens with one attached hydrogen (secondary N) is 1. The van der Waals surface area contributed by atoms with E-state index >= 15 is 0 Å². The zero-order chi connectivity index (χ0) is 10.8. The summed E-state index contributed by atoms with van der Waals surface area (Å²) < 4.78 is 0. The molecule has 0 heterocycles. The molecule has 0 rings (SSSR count). The van der Waals surface area contributed by atoms with Crippen molar-refractivity contribution in [1.82, 2.24) is 5.32 Å². The minimum absolute atomic E-state index is 0.838. The monoisotopic (exact) mass is 190 g/mol. The minimum Gasteiger partial charge on any atom is -0.373 e. The molecule has 0 aromatic heterocycles. The largest absolute Gasteiger partial charge is 0.373 e. The zero-order valence-corrected chi connectivity index (χ0v) is 9.12. The fourth-order valence-corrected chi connectivity index (χ4v) is 0.803. The number of hydrogen-bond acceptors (Lipinski definition) is 2. The Morgan fingerprint density at radius 2 is 2.00 bits per heavy atom. The molecule has 2 nitrogen and oxygen atoms in total. The van der Waals surface area contributed by atoms with Gasteiger partial charge in [0.25, 0.3) is 0 Å². The maximum Gasteiger partial charge on any atom is 0.128 e. The van der Waals surface area contributed by atoms with Gasteiger partial charge in [0, 0.05) is 13.3 Å². The van der Waals surface area contributed by atoms with E-state index in [4.69, 9.17) is 0 Å². The number of aliphatic imine (C=N–C) groups is 1. The summed E-state index contributed by atoms with van der Waals surface area (Å²) in [5.74, 6) is 0.838. The Morgan fingerprint density at radius 1 is 1.29 bits per heavy atom. The fraction of sp³-hybridized carbons (Fsp3) is 0.250. The van der Waals surface area contributed by atoms with Crippen LogP contribution in [0.1, 0.15) is 13.8 Å². The van der Waals surface area contributed by atoms with E-state index in [0.29, 0.717) is 0 Å². The van der Waals surface area contributed by atoms with Crippen LogP contribution in [-0.4, -0.2) is 13.3 Å². The van der Waals surface area contributed by atoms with Crippen LogP contribution in [0.5, 0.6) is 0 Å². The second-order valence-electron chi connectivity index (χ2n) is 2.67. The summed E-state index contributed by atoms with van der Waals surface area (Å²) in [6.45, 7) is 7.62. The van der Waals surface area contributed by atoms with Crippen molar-refractivity contribution in [2.45, 2.75) is 13.8 Å². The van der Waals surface area contributed by atoms with E-state index in [-0.39, 0.29) is 0 Å². The molecule has 0 saturated heterocycles. The Hall–Kier alpha value is -1.57. The van der Waals surface area contributed by atoms with E-state index in [9.17, 15) is 0 Å². The van der Waals surface area contributed by atoms with Gasteiger partial charge in [-0.05, 0) is 25.5 Å². The van der Waals surface area contributed by atoms with Crippen molar-refractivity contribution in [3.63, 3.8) is 0 Å². The molecule has 1 N–H and O–H groups in total. The number of rotatable bonds is 5. The van der Waals surface area contributed by atoms with Gasteiger partial charge in [-0.25, -0.2) is 4.99 Å². The van der Waals surface area contributed by atoms with Crippen LogP contribution in [0.25, 0.3) is 0 Å². The number of nitrogens with zero attached hydrogens (tertiary/aromatic N) is 1. The van der Waals surface area contributed by atoms with Crippen LogP contribution in [0, 0.1) is 0 Å². The van der Waals surface area contributed by atoms with Crippen LogP contribution in [0.2, 0.25) is 0 Å². The first kappa shape index (κ1) is 12.4. The molecule has 76 valence electrons. The van der Waals surface area contributed by atoms with Gasteiger partial charge >= 0.3 is 0 Å². The van der Waals surface area contributed by atoms with E-state index in [1.807, 2.05) is 45.2 Å². The molecule has 0 unspecified atom stereocenters. The van der Waals surface area contributed by atoms with E-state index in [0.717, 1.165) is 11.4 Å². The van der Waals surface area contributed by atoms with Gasteiger partial charge in [0.15, 0.2) is 0 Å². The molecule has 0 spiro atoms. The lowest BCUT2D eigenvalue weighted by Gasteiger charge is -2.01. The number of allylic oxidation sites excluding steroid dienone is 6. The molecule has 14 heavy (non-hydrogen) atoms. The van der Waals surface area contributed by atoms with Crippen molar-refractivity contribution in [2.24, 2.45) is 4.99 Å². The molecular formula is C12H18N2. The Bertz CT molecular complexity index is 281. The summed E-state index contributed by atoms with van der Waals surface area (Å²) in [6, 6.07) is 0. The van der Waals surface area contributed by atoms with Crippen LogP contribution in [-0.2, 0) is 0 Å². The normalized spacial score (nSPS) is 13.9. The molecule has 2 heteroatoms. The van der Waals surface area contributed by atoms with Gasteiger partial charge in [-0.3, -0.25) is 0 Å². The molecule has 0 saturated carbocycles. The summed E-state index contributed by atoms with van der Waals surface area (Å²) in [5, 5.41) is 3.00. The van der Waals surface area contributed by atoms with Crippen LogP contribution in [0.15, 0.2) is 53.3 Å². The first-order valence-electron chi connectivity index (χ1n) is 4.59. The standard InChI is InChI=1S/C12H18N2/c1-5-7-8-9-10-14-12(13-4)11(3)6-2/h5-10,13H,2H2,1,3-4H3/b7-5-,9-8+,12-11+,14-10-. The smallest absolute Gasteiger partial charge is 0.128 e. The van der Waals surface area contributed by atoms with Crippen LogP contribution < -0.4 is 5.32 Å². The highest BCUT2D eigenvalue weighted by Gasteiger charge is 1.90. The highest BCUT2D eigenvalue weighted by Crippen LogP contribution is 2.01. The van der Waals surface area contributed by atoms with Gasteiger partial charge in [0.05, 0.1) is 0 Å². The van der Waals surface area contributed by atoms with E-state index in [2.05, 4.69) is 16.9 Å². The lowest BCUT2D eigenvalue weighted by atomic mass is 10.3. The maximum absolute atomic E-state index is 4.24. The lowest BCUT2D eigenvalue weighted by Crippen LogP contribution is -2.05. The highest BCUT2D eigenvalue weighted by molar-refractivity contribution is 5.72. The van der Waals surface area contributed by atoms with E-state index in [1.54, 1.807) is 12.3 Å². The minimum atomic E-state index is 0.838.